The highest BCUT2D eigenvalue weighted by molar-refractivity contribution is 6.06. The van der Waals surface area contributed by atoms with Crippen LogP contribution in [0.25, 0.3) is 0 Å². The molecule has 0 radical (unpaired) electrons. The van der Waals surface area contributed by atoms with E-state index in [-0.39, 0.29) is 18.2 Å². The van der Waals surface area contributed by atoms with Gasteiger partial charge in [-0.3, -0.25) is 9.59 Å². The van der Waals surface area contributed by atoms with Crippen molar-refractivity contribution in [1.82, 2.24) is 5.16 Å². The van der Waals surface area contributed by atoms with Crippen LogP contribution in [0.3, 0.4) is 0 Å². The van der Waals surface area contributed by atoms with E-state index in [9.17, 15) is 9.59 Å². The van der Waals surface area contributed by atoms with Crippen molar-refractivity contribution in [1.29, 1.82) is 0 Å². The lowest BCUT2D eigenvalue weighted by molar-refractivity contribution is -0.119. The number of nitrogens with zero attached hydrogens (tertiary/aromatic N) is 1. The highest BCUT2D eigenvalue weighted by Gasteiger charge is 2.15. The fourth-order valence-electron chi connectivity index (χ4n) is 1.95. The minimum atomic E-state index is -0.450. The number of benzene rings is 1. The van der Waals surface area contributed by atoms with Crippen molar-refractivity contribution in [2.75, 3.05) is 31.5 Å². The number of aromatic nitrogens is 1. The average Bonchev–Trinajstić information content (AvgIpc) is 3.06. The highest BCUT2D eigenvalue weighted by Crippen LogP contribution is 2.27. The number of aryl methyl sites for hydroxylation is 1. The van der Waals surface area contributed by atoms with Crippen molar-refractivity contribution in [2.24, 2.45) is 0 Å². The summed E-state index contributed by atoms with van der Waals surface area (Å²) in [4.78, 5) is 24.0. The number of hydrogen-bond acceptors (Lipinski definition) is 6. The zero-order valence-electron chi connectivity index (χ0n) is 13.7. The summed E-state index contributed by atoms with van der Waals surface area (Å²) in [6.45, 7) is 1.80. The van der Waals surface area contributed by atoms with Gasteiger partial charge in [-0.1, -0.05) is 12.1 Å². The number of rotatable bonds is 7. The maximum Gasteiger partial charge on any atom is 0.277 e. The number of anilines is 2. The molecule has 0 aliphatic heterocycles. The molecule has 0 saturated heterocycles. The van der Waals surface area contributed by atoms with Crippen LogP contribution in [0.5, 0.6) is 5.75 Å². The molecule has 24 heavy (non-hydrogen) atoms. The maximum absolute atomic E-state index is 12.3. The summed E-state index contributed by atoms with van der Waals surface area (Å²) in [5.74, 6) is 0.352. The largest absolute Gasteiger partial charge is 0.497 e. The van der Waals surface area contributed by atoms with E-state index >= 15 is 0 Å². The monoisotopic (exact) mass is 333 g/mol. The number of carbonyl (C=O) groups is 2. The zero-order valence-corrected chi connectivity index (χ0v) is 13.7. The lowest BCUT2D eigenvalue weighted by Gasteiger charge is -2.13. The standard InChI is InChI=1S/C16H19N3O5/c1-4-10-7-14(19-24-10)16(21)18-13-8-11(23-3)5-6-12(13)17-15(20)9-22-2/h5-8H,4,9H2,1-3H3,(H,17,20)(H,18,21). The Morgan fingerprint density at radius 2 is 1.96 bits per heavy atom. The van der Waals surface area contributed by atoms with Gasteiger partial charge in [0.1, 0.15) is 18.1 Å². The van der Waals surface area contributed by atoms with Gasteiger partial charge in [0, 0.05) is 25.7 Å². The molecular formula is C16H19N3O5. The van der Waals surface area contributed by atoms with Crippen LogP contribution in [-0.4, -0.2) is 37.8 Å². The van der Waals surface area contributed by atoms with Gasteiger partial charge < -0.3 is 24.6 Å². The highest BCUT2D eigenvalue weighted by atomic mass is 16.5. The Morgan fingerprint density at radius 1 is 1.17 bits per heavy atom. The summed E-state index contributed by atoms with van der Waals surface area (Å²) in [5, 5.41) is 9.07. The molecule has 1 aromatic heterocycles. The minimum absolute atomic E-state index is 0.0947. The van der Waals surface area contributed by atoms with E-state index in [2.05, 4.69) is 15.8 Å². The second-order valence-corrected chi connectivity index (χ2v) is 4.88. The third-order valence-electron chi connectivity index (χ3n) is 3.16. The number of ether oxygens (including phenoxy) is 2. The molecule has 0 atom stereocenters. The molecule has 2 N–H and O–H groups in total. The van der Waals surface area contributed by atoms with Gasteiger partial charge in [-0.25, -0.2) is 0 Å². The van der Waals surface area contributed by atoms with Gasteiger partial charge >= 0.3 is 0 Å². The van der Waals surface area contributed by atoms with Gasteiger partial charge in [-0.2, -0.15) is 0 Å². The molecule has 0 fully saturated rings. The van der Waals surface area contributed by atoms with Gasteiger partial charge in [-0.15, -0.1) is 0 Å². The van der Waals surface area contributed by atoms with Crippen LogP contribution in [0.2, 0.25) is 0 Å². The van der Waals surface area contributed by atoms with Crippen molar-refractivity contribution in [2.45, 2.75) is 13.3 Å². The molecule has 8 nitrogen and oxygen atoms in total. The second-order valence-electron chi connectivity index (χ2n) is 4.88. The van der Waals surface area contributed by atoms with E-state index in [1.165, 1.54) is 14.2 Å². The van der Waals surface area contributed by atoms with Crippen molar-refractivity contribution < 1.29 is 23.6 Å². The second kappa shape index (κ2) is 8.11. The van der Waals surface area contributed by atoms with E-state index in [1.807, 2.05) is 6.92 Å². The number of carbonyl (C=O) groups excluding carboxylic acids is 2. The van der Waals surface area contributed by atoms with Crippen molar-refractivity contribution in [3.63, 3.8) is 0 Å². The first kappa shape index (κ1) is 17.5. The number of hydrogen-bond donors (Lipinski definition) is 2. The summed E-state index contributed by atoms with van der Waals surface area (Å²) >= 11 is 0. The Balaban J connectivity index is 2.22. The minimum Gasteiger partial charge on any atom is -0.497 e. The molecule has 0 saturated carbocycles. The summed E-state index contributed by atoms with van der Waals surface area (Å²) in [6, 6.07) is 6.46. The fourth-order valence-corrected chi connectivity index (χ4v) is 1.95. The van der Waals surface area contributed by atoms with Crippen LogP contribution < -0.4 is 15.4 Å². The Bertz CT molecular complexity index is 726. The van der Waals surface area contributed by atoms with Crippen molar-refractivity contribution in [3.05, 3.63) is 35.7 Å². The Morgan fingerprint density at radius 3 is 2.58 bits per heavy atom. The van der Waals surface area contributed by atoms with Crippen LogP contribution in [0, 0.1) is 0 Å². The van der Waals surface area contributed by atoms with E-state index in [4.69, 9.17) is 14.0 Å². The van der Waals surface area contributed by atoms with Gasteiger partial charge in [0.2, 0.25) is 5.91 Å². The molecule has 2 aromatic rings. The number of methoxy groups -OCH3 is 2. The quantitative estimate of drug-likeness (QED) is 0.804. The molecule has 0 aliphatic rings. The van der Waals surface area contributed by atoms with Crippen LogP contribution >= 0.6 is 0 Å². The third kappa shape index (κ3) is 4.32. The van der Waals surface area contributed by atoms with Crippen LogP contribution in [0.15, 0.2) is 28.8 Å². The van der Waals surface area contributed by atoms with Crippen LogP contribution in [0.1, 0.15) is 23.2 Å². The van der Waals surface area contributed by atoms with E-state index in [1.54, 1.807) is 24.3 Å². The first-order valence-corrected chi connectivity index (χ1v) is 7.31. The SMILES string of the molecule is CCc1cc(C(=O)Nc2cc(OC)ccc2NC(=O)COC)no1. The van der Waals surface area contributed by atoms with Gasteiger partial charge in [-0.05, 0) is 12.1 Å². The van der Waals surface area contributed by atoms with E-state index in [0.29, 0.717) is 29.3 Å². The maximum atomic E-state index is 12.3. The molecular weight excluding hydrogens is 314 g/mol. The lowest BCUT2D eigenvalue weighted by Crippen LogP contribution is -2.19. The average molecular weight is 333 g/mol. The molecule has 0 bridgehead atoms. The van der Waals surface area contributed by atoms with E-state index in [0.717, 1.165) is 0 Å². The molecule has 8 heteroatoms. The summed E-state index contributed by atoms with van der Waals surface area (Å²) < 4.78 is 15.0. The first-order chi connectivity index (χ1) is 11.6. The number of nitrogens with one attached hydrogen (secondary N) is 2. The van der Waals surface area contributed by atoms with Crippen LogP contribution in [-0.2, 0) is 16.0 Å². The fraction of sp³-hybridized carbons (Fsp3) is 0.312. The third-order valence-corrected chi connectivity index (χ3v) is 3.16. The predicted octanol–water partition coefficient (Wildman–Crippen LogP) is 2.08. The summed E-state index contributed by atoms with van der Waals surface area (Å²) in [7, 11) is 2.93. The van der Waals surface area contributed by atoms with Gasteiger partial charge in [0.05, 0.1) is 18.5 Å². The topological polar surface area (TPSA) is 103 Å². The molecule has 2 amide bonds. The predicted molar refractivity (Wildman–Crippen MR) is 87.3 cm³/mol. The molecule has 0 unspecified atom stereocenters. The lowest BCUT2D eigenvalue weighted by atomic mass is 10.2. The summed E-state index contributed by atoms with van der Waals surface area (Å²) in [5.41, 5.74) is 0.957. The van der Waals surface area contributed by atoms with E-state index < -0.39 is 5.91 Å². The zero-order chi connectivity index (χ0) is 17.5. The molecule has 128 valence electrons. The molecule has 0 aliphatic carbocycles. The molecule has 1 aromatic carbocycles. The van der Waals surface area contributed by atoms with Gasteiger partial charge in [0.25, 0.3) is 5.91 Å². The van der Waals surface area contributed by atoms with Gasteiger partial charge in [0.15, 0.2) is 5.69 Å². The Labute approximate surface area is 139 Å². The first-order valence-electron chi connectivity index (χ1n) is 7.31. The Kier molecular flexibility index (Phi) is 5.91. The van der Waals surface area contributed by atoms with Crippen LogP contribution in [0.4, 0.5) is 11.4 Å². The molecule has 0 spiro atoms. The number of amides is 2. The molecule has 2 rings (SSSR count). The smallest absolute Gasteiger partial charge is 0.277 e. The normalized spacial score (nSPS) is 10.3. The summed E-state index contributed by atoms with van der Waals surface area (Å²) in [6.07, 6.45) is 0.637. The molecule has 1 heterocycles. The van der Waals surface area contributed by atoms with Crippen molar-refractivity contribution in [3.8, 4) is 5.75 Å². The Hall–Kier alpha value is -2.87. The van der Waals surface area contributed by atoms with Crippen molar-refractivity contribution >= 4 is 23.2 Å².